The Balaban J connectivity index is 1.56. The van der Waals surface area contributed by atoms with E-state index in [0.29, 0.717) is 25.2 Å². The van der Waals surface area contributed by atoms with Crippen molar-refractivity contribution in [2.24, 2.45) is 0 Å². The number of carbonyl (C=O) groups is 1. The highest BCUT2D eigenvalue weighted by molar-refractivity contribution is 6.05. The molecule has 0 saturated heterocycles. The lowest BCUT2D eigenvalue weighted by atomic mass is 10.1. The van der Waals surface area contributed by atoms with Crippen molar-refractivity contribution >= 4 is 11.9 Å². The molecule has 4 rings (SSSR count). The molecule has 29 heavy (non-hydrogen) atoms. The van der Waals surface area contributed by atoms with Gasteiger partial charge in [-0.2, -0.15) is 0 Å². The van der Waals surface area contributed by atoms with Crippen LogP contribution >= 0.6 is 0 Å². The van der Waals surface area contributed by atoms with Gasteiger partial charge in [0.1, 0.15) is 24.7 Å². The molecule has 0 heterocycles. The van der Waals surface area contributed by atoms with E-state index < -0.39 is 0 Å². The van der Waals surface area contributed by atoms with Gasteiger partial charge < -0.3 is 9.47 Å². The van der Waals surface area contributed by atoms with Crippen molar-refractivity contribution in [3.05, 3.63) is 113 Å². The molecule has 3 nitrogen and oxygen atoms in total. The molecule has 0 N–H and O–H groups in total. The minimum Gasteiger partial charge on any atom is -0.489 e. The number of rotatable bonds is 7. The molecule has 0 spiro atoms. The van der Waals surface area contributed by atoms with Gasteiger partial charge in [-0.3, -0.25) is 4.79 Å². The monoisotopic (exact) mass is 382 g/mol. The lowest BCUT2D eigenvalue weighted by Crippen LogP contribution is -2.00. The minimum absolute atomic E-state index is 0.120. The summed E-state index contributed by atoms with van der Waals surface area (Å²) < 4.78 is 12.0. The van der Waals surface area contributed by atoms with Gasteiger partial charge in [-0.1, -0.05) is 72.8 Å². The van der Waals surface area contributed by atoms with E-state index in [2.05, 4.69) is 0 Å². The topological polar surface area (TPSA) is 35.5 Å². The van der Waals surface area contributed by atoms with Gasteiger partial charge >= 0.3 is 0 Å². The molecule has 1 aliphatic rings. The first kappa shape index (κ1) is 18.8. The highest BCUT2D eigenvalue weighted by Crippen LogP contribution is 2.29. The quantitative estimate of drug-likeness (QED) is 0.488. The Hall–Kier alpha value is -3.59. The van der Waals surface area contributed by atoms with Crippen molar-refractivity contribution in [3.8, 4) is 11.5 Å². The molecule has 3 aromatic carbocycles. The maximum absolute atomic E-state index is 12.1. The summed E-state index contributed by atoms with van der Waals surface area (Å²) >= 11 is 0. The van der Waals surface area contributed by atoms with E-state index in [0.717, 1.165) is 28.2 Å². The molecular formula is C26H22O3. The van der Waals surface area contributed by atoms with Crippen LogP contribution in [0.4, 0.5) is 0 Å². The summed E-state index contributed by atoms with van der Waals surface area (Å²) in [5, 5.41) is 0. The van der Waals surface area contributed by atoms with Gasteiger partial charge in [0.2, 0.25) is 0 Å². The van der Waals surface area contributed by atoms with Gasteiger partial charge in [0.15, 0.2) is 5.78 Å². The van der Waals surface area contributed by atoms with Crippen LogP contribution in [0.25, 0.3) is 6.08 Å². The summed E-state index contributed by atoms with van der Waals surface area (Å²) in [7, 11) is 0. The second-order valence-electron chi connectivity index (χ2n) is 6.88. The Morgan fingerprint density at radius 3 is 2.07 bits per heavy atom. The Labute approximate surface area is 170 Å². The maximum Gasteiger partial charge on any atom is 0.166 e. The fraction of sp³-hybridized carbons (Fsp3) is 0.115. The molecule has 0 aromatic heterocycles. The molecule has 0 unspecified atom stereocenters. The second-order valence-corrected chi connectivity index (χ2v) is 6.88. The van der Waals surface area contributed by atoms with Gasteiger partial charge in [-0.15, -0.1) is 0 Å². The zero-order valence-corrected chi connectivity index (χ0v) is 16.1. The number of allylic oxidation sites excluding steroid dienone is 3. The standard InChI is InChI=1S/C26H22O3/c27-25-13-7-12-22(25)16-23-17-24(28-18-20-8-3-1-4-9-20)14-15-26(23)29-19-21-10-5-2-6-11-21/h1-12,14-17H,13,18-19H2. The SMILES string of the molecule is O=C1CC=CC1=Cc1cc(OCc2ccccc2)ccc1OCc1ccccc1. The number of ketones is 1. The van der Waals surface area contributed by atoms with E-state index in [1.807, 2.05) is 97.1 Å². The maximum atomic E-state index is 12.1. The van der Waals surface area contributed by atoms with Crippen molar-refractivity contribution in [2.45, 2.75) is 19.6 Å². The highest BCUT2D eigenvalue weighted by Gasteiger charge is 2.13. The first-order valence-corrected chi connectivity index (χ1v) is 9.67. The number of carbonyl (C=O) groups excluding carboxylic acids is 1. The molecule has 3 heteroatoms. The summed E-state index contributed by atoms with van der Waals surface area (Å²) in [5.74, 6) is 1.58. The number of benzene rings is 3. The molecule has 0 bridgehead atoms. The van der Waals surface area contributed by atoms with Crippen molar-refractivity contribution in [1.29, 1.82) is 0 Å². The molecule has 0 radical (unpaired) electrons. The third-order valence-electron chi connectivity index (χ3n) is 4.70. The highest BCUT2D eigenvalue weighted by atomic mass is 16.5. The number of Topliss-reactive ketones (excluding diaryl/α,β-unsaturated/α-hetero) is 1. The van der Waals surface area contributed by atoms with Crippen LogP contribution in [0.15, 0.2) is 96.6 Å². The van der Waals surface area contributed by atoms with Crippen molar-refractivity contribution < 1.29 is 14.3 Å². The van der Waals surface area contributed by atoms with Crippen LogP contribution in [0, 0.1) is 0 Å². The molecule has 3 aromatic rings. The Morgan fingerprint density at radius 2 is 1.45 bits per heavy atom. The molecule has 144 valence electrons. The predicted molar refractivity (Wildman–Crippen MR) is 115 cm³/mol. The second kappa shape index (κ2) is 9.07. The minimum atomic E-state index is 0.120. The average Bonchev–Trinajstić information content (AvgIpc) is 3.17. The first-order chi connectivity index (χ1) is 14.3. The molecule has 1 aliphatic carbocycles. The van der Waals surface area contributed by atoms with Crippen molar-refractivity contribution in [3.63, 3.8) is 0 Å². The lowest BCUT2D eigenvalue weighted by molar-refractivity contribution is -0.114. The van der Waals surface area contributed by atoms with Crippen LogP contribution in [0.1, 0.15) is 23.1 Å². The van der Waals surface area contributed by atoms with Gasteiger partial charge in [-0.05, 0) is 35.4 Å². The summed E-state index contributed by atoms with van der Waals surface area (Å²) in [6, 6.07) is 25.8. The van der Waals surface area contributed by atoms with Crippen LogP contribution in [-0.4, -0.2) is 5.78 Å². The molecule has 0 aliphatic heterocycles. The summed E-state index contributed by atoms with van der Waals surface area (Å²) in [6.07, 6.45) is 6.08. The van der Waals surface area contributed by atoms with E-state index >= 15 is 0 Å². The zero-order valence-electron chi connectivity index (χ0n) is 16.1. The van der Waals surface area contributed by atoms with E-state index in [1.54, 1.807) is 0 Å². The first-order valence-electron chi connectivity index (χ1n) is 9.67. The largest absolute Gasteiger partial charge is 0.489 e. The zero-order chi connectivity index (χ0) is 19.9. The third-order valence-corrected chi connectivity index (χ3v) is 4.70. The normalized spacial score (nSPS) is 14.3. The van der Waals surface area contributed by atoms with E-state index in [4.69, 9.17) is 9.47 Å². The number of ether oxygens (including phenoxy) is 2. The third kappa shape index (κ3) is 5.02. The van der Waals surface area contributed by atoms with Gasteiger partial charge in [0.25, 0.3) is 0 Å². The van der Waals surface area contributed by atoms with Gasteiger partial charge in [-0.25, -0.2) is 0 Å². The average molecular weight is 382 g/mol. The van der Waals surface area contributed by atoms with Gasteiger partial charge in [0.05, 0.1) is 0 Å². The molecule has 0 fully saturated rings. The molecule has 0 atom stereocenters. The van der Waals surface area contributed by atoms with Crippen LogP contribution < -0.4 is 9.47 Å². The van der Waals surface area contributed by atoms with Crippen LogP contribution in [0.5, 0.6) is 11.5 Å². The predicted octanol–water partition coefficient (Wildman–Crippen LogP) is 5.76. The Kier molecular flexibility index (Phi) is 5.87. The van der Waals surface area contributed by atoms with Crippen LogP contribution in [-0.2, 0) is 18.0 Å². The summed E-state index contributed by atoms with van der Waals surface area (Å²) in [5.41, 5.74) is 3.72. The molecular weight excluding hydrogens is 360 g/mol. The summed E-state index contributed by atoms with van der Waals surface area (Å²) in [6.45, 7) is 0.949. The molecule has 0 saturated carbocycles. The fourth-order valence-corrected chi connectivity index (χ4v) is 3.14. The van der Waals surface area contributed by atoms with Gasteiger partial charge in [0, 0.05) is 17.6 Å². The Bertz CT molecular complexity index is 1030. The number of hydrogen-bond donors (Lipinski definition) is 0. The number of hydrogen-bond acceptors (Lipinski definition) is 3. The smallest absolute Gasteiger partial charge is 0.166 e. The lowest BCUT2D eigenvalue weighted by Gasteiger charge is -2.13. The molecule has 0 amide bonds. The van der Waals surface area contributed by atoms with Crippen LogP contribution in [0.2, 0.25) is 0 Å². The van der Waals surface area contributed by atoms with Crippen molar-refractivity contribution in [1.82, 2.24) is 0 Å². The van der Waals surface area contributed by atoms with E-state index in [1.165, 1.54) is 0 Å². The van der Waals surface area contributed by atoms with Crippen molar-refractivity contribution in [2.75, 3.05) is 0 Å². The summed E-state index contributed by atoms with van der Waals surface area (Å²) in [4.78, 5) is 12.1. The van der Waals surface area contributed by atoms with E-state index in [-0.39, 0.29) is 5.78 Å². The van der Waals surface area contributed by atoms with E-state index in [9.17, 15) is 4.79 Å². The van der Waals surface area contributed by atoms with Crippen LogP contribution in [0.3, 0.4) is 0 Å². The Morgan fingerprint density at radius 1 is 0.793 bits per heavy atom. The fourth-order valence-electron chi connectivity index (χ4n) is 3.14.